The van der Waals surface area contributed by atoms with Gasteiger partial charge in [0.1, 0.15) is 0 Å². The first kappa shape index (κ1) is 7.94. The molecule has 0 atom stereocenters. The van der Waals surface area contributed by atoms with Crippen LogP contribution in [0, 0.1) is 0 Å². The van der Waals surface area contributed by atoms with Crippen molar-refractivity contribution < 1.29 is 0 Å². The maximum Gasteiger partial charge on any atom is 0.0973 e. The maximum absolute atomic E-state index is 5.04. The fourth-order valence-electron chi connectivity index (χ4n) is 0.496. The predicted molar refractivity (Wildman–Crippen MR) is 62.6 cm³/mol. The summed E-state index contributed by atoms with van der Waals surface area (Å²) in [5.41, 5.74) is 0. The van der Waals surface area contributed by atoms with Gasteiger partial charge in [-0.2, -0.15) is 0 Å². The van der Waals surface area contributed by atoms with Crippen LogP contribution in [0.5, 0.6) is 0 Å². The highest BCUT2D eigenvalue weighted by atomic mass is 33.1. The number of hydrogen-bond acceptors (Lipinski definition) is 6. The average molecular weight is 240 g/mol. The zero-order chi connectivity index (χ0) is 7.14. The lowest BCUT2D eigenvalue weighted by Crippen LogP contribution is -2.08. The van der Waals surface area contributed by atoms with E-state index in [1.165, 1.54) is 9.81 Å². The van der Waals surface area contributed by atoms with Crippen molar-refractivity contribution in [3.63, 3.8) is 0 Å². The van der Waals surface area contributed by atoms with Crippen molar-refractivity contribution in [1.29, 1.82) is 0 Å². The zero-order valence-corrected chi connectivity index (χ0v) is 9.35. The standard InChI is InChI=1S/C4S6/c5-3-1(7-9-3)2-4(6)10-8-2/b2-1-. The summed E-state index contributed by atoms with van der Waals surface area (Å²) in [5.74, 6) is 0. The summed E-state index contributed by atoms with van der Waals surface area (Å²) in [5, 5.41) is 0. The molecule has 0 saturated carbocycles. The average Bonchev–Trinajstić information content (AvgIpc) is 1.93. The Balaban J connectivity index is 2.28. The van der Waals surface area contributed by atoms with Crippen LogP contribution in [0.25, 0.3) is 0 Å². The van der Waals surface area contributed by atoms with Crippen molar-refractivity contribution in [2.24, 2.45) is 0 Å². The van der Waals surface area contributed by atoms with Gasteiger partial charge in [-0.3, -0.25) is 0 Å². The second kappa shape index (κ2) is 2.99. The first-order chi connectivity index (χ1) is 4.79. The number of rotatable bonds is 0. The lowest BCUT2D eigenvalue weighted by Gasteiger charge is -2.25. The Morgan fingerprint density at radius 1 is 0.700 bits per heavy atom. The van der Waals surface area contributed by atoms with Crippen molar-refractivity contribution in [3.05, 3.63) is 9.81 Å². The molecule has 0 aromatic heterocycles. The van der Waals surface area contributed by atoms with Crippen molar-refractivity contribution >= 4 is 76.0 Å². The Kier molecular flexibility index (Phi) is 2.37. The quantitative estimate of drug-likeness (QED) is 0.357. The molecule has 0 nitrogen and oxygen atoms in total. The molecule has 0 spiro atoms. The molecule has 52 valence electrons. The molecule has 0 aliphatic carbocycles. The molecule has 2 rings (SSSR count). The molecule has 0 aromatic rings. The van der Waals surface area contributed by atoms with Crippen LogP contribution in [0.15, 0.2) is 9.81 Å². The van der Waals surface area contributed by atoms with Crippen LogP contribution in [0.3, 0.4) is 0 Å². The molecule has 0 amide bonds. The minimum absolute atomic E-state index is 1.01. The van der Waals surface area contributed by atoms with Gasteiger partial charge in [0.2, 0.25) is 0 Å². The summed E-state index contributed by atoms with van der Waals surface area (Å²) in [6.07, 6.45) is 0. The van der Waals surface area contributed by atoms with Gasteiger partial charge in [0.15, 0.2) is 0 Å². The molecule has 2 saturated heterocycles. The molecule has 10 heavy (non-hydrogen) atoms. The van der Waals surface area contributed by atoms with Crippen molar-refractivity contribution in [2.45, 2.75) is 0 Å². The second-order valence-corrected chi connectivity index (χ2v) is 7.20. The monoisotopic (exact) mass is 240 g/mol. The topological polar surface area (TPSA) is 0 Å². The highest BCUT2D eigenvalue weighted by Gasteiger charge is 2.31. The van der Waals surface area contributed by atoms with Gasteiger partial charge in [-0.15, -0.1) is 0 Å². The normalized spacial score (nSPS) is 31.6. The number of hydrogen-bond donors (Lipinski definition) is 0. The first-order valence-corrected chi connectivity index (χ1v) is 7.42. The Labute approximate surface area is 85.1 Å². The zero-order valence-electron chi connectivity index (χ0n) is 4.45. The predicted octanol–water partition coefficient (Wildman–Crippen LogP) is 3.64. The summed E-state index contributed by atoms with van der Waals surface area (Å²) in [4.78, 5) is 2.46. The van der Waals surface area contributed by atoms with E-state index in [0.717, 1.165) is 8.39 Å². The van der Waals surface area contributed by atoms with Gasteiger partial charge in [0.25, 0.3) is 0 Å². The van der Waals surface area contributed by atoms with Gasteiger partial charge in [0, 0.05) is 0 Å². The van der Waals surface area contributed by atoms with Crippen LogP contribution in [0.1, 0.15) is 0 Å². The van der Waals surface area contributed by atoms with Crippen LogP contribution < -0.4 is 0 Å². The minimum Gasteiger partial charge on any atom is -0.0703 e. The minimum atomic E-state index is 1.01. The van der Waals surface area contributed by atoms with E-state index in [1.807, 2.05) is 0 Å². The van der Waals surface area contributed by atoms with E-state index in [4.69, 9.17) is 24.4 Å². The van der Waals surface area contributed by atoms with Crippen molar-refractivity contribution in [2.75, 3.05) is 0 Å². The van der Waals surface area contributed by atoms with Crippen molar-refractivity contribution in [3.8, 4) is 0 Å². The number of thiocarbonyl (C=S) groups is 2. The van der Waals surface area contributed by atoms with Crippen LogP contribution >= 0.6 is 67.6 Å². The van der Waals surface area contributed by atoms with E-state index < -0.39 is 0 Å². The smallest absolute Gasteiger partial charge is 0.0703 e. The Bertz CT molecular complexity index is 224. The molecule has 0 unspecified atom stereocenters. The molecular formula is C4S6. The van der Waals surface area contributed by atoms with Gasteiger partial charge in [0.05, 0.1) is 18.2 Å². The van der Waals surface area contributed by atoms with Crippen LogP contribution in [0.2, 0.25) is 0 Å². The summed E-state index contributed by atoms with van der Waals surface area (Å²) < 4.78 is 2.02. The third kappa shape index (κ3) is 1.19. The Hall–Kier alpha value is 1.32. The highest BCUT2D eigenvalue weighted by molar-refractivity contribution is 8.92. The molecule has 6 heteroatoms. The Morgan fingerprint density at radius 2 is 1.10 bits per heavy atom. The summed E-state index contributed by atoms with van der Waals surface area (Å²) in [7, 11) is 6.78. The van der Waals surface area contributed by atoms with Crippen LogP contribution in [-0.2, 0) is 0 Å². The molecule has 0 aromatic carbocycles. The van der Waals surface area contributed by atoms with E-state index in [0.29, 0.717) is 0 Å². The van der Waals surface area contributed by atoms with E-state index in [9.17, 15) is 0 Å². The molecular weight excluding hydrogens is 240 g/mol. The fourth-order valence-corrected chi connectivity index (χ4v) is 5.69. The fraction of sp³-hybridized carbons (Fsp3) is 0. The molecule has 0 bridgehead atoms. The molecule has 0 N–H and O–H groups in total. The maximum atomic E-state index is 5.04. The SMILES string of the molecule is S=C1SS/C1=C1\SSC1=S. The van der Waals surface area contributed by atoms with Gasteiger partial charge < -0.3 is 0 Å². The first-order valence-electron chi connectivity index (χ1n) is 2.31. The van der Waals surface area contributed by atoms with E-state index in [2.05, 4.69) is 0 Å². The molecule has 0 radical (unpaired) electrons. The third-order valence-corrected chi connectivity index (χ3v) is 7.69. The van der Waals surface area contributed by atoms with E-state index in [-0.39, 0.29) is 0 Å². The summed E-state index contributed by atoms with van der Waals surface area (Å²) in [6, 6.07) is 0. The molecule has 2 aliphatic rings. The third-order valence-electron chi connectivity index (χ3n) is 0.978. The lowest BCUT2D eigenvalue weighted by molar-refractivity contribution is 2.19. The summed E-state index contributed by atoms with van der Waals surface area (Å²) in [6.45, 7) is 0. The Morgan fingerprint density at radius 3 is 1.20 bits per heavy atom. The van der Waals surface area contributed by atoms with E-state index in [1.54, 1.807) is 43.2 Å². The van der Waals surface area contributed by atoms with E-state index >= 15 is 0 Å². The molecule has 2 heterocycles. The van der Waals surface area contributed by atoms with Gasteiger partial charge in [-0.05, 0) is 43.2 Å². The molecule has 2 fully saturated rings. The highest BCUT2D eigenvalue weighted by Crippen LogP contribution is 2.58. The molecule has 2 aliphatic heterocycles. The van der Waals surface area contributed by atoms with Gasteiger partial charge in [-0.25, -0.2) is 0 Å². The second-order valence-electron chi connectivity index (χ2n) is 1.57. The summed E-state index contributed by atoms with van der Waals surface area (Å²) >= 11 is 10.1. The van der Waals surface area contributed by atoms with Crippen LogP contribution in [-0.4, -0.2) is 8.39 Å². The van der Waals surface area contributed by atoms with Gasteiger partial charge in [-0.1, -0.05) is 24.4 Å². The van der Waals surface area contributed by atoms with Crippen molar-refractivity contribution in [1.82, 2.24) is 0 Å². The largest absolute Gasteiger partial charge is 0.0973 e. The van der Waals surface area contributed by atoms with Gasteiger partial charge >= 0.3 is 0 Å². The van der Waals surface area contributed by atoms with Crippen LogP contribution in [0.4, 0.5) is 0 Å². The lowest BCUT2D eigenvalue weighted by atomic mass is 10.5.